The molecule has 22 heavy (non-hydrogen) atoms. The number of fused-ring (bicyclic) bond motifs is 1. The van der Waals surface area contributed by atoms with Crippen LogP contribution in [-0.4, -0.2) is 20.5 Å². The Morgan fingerprint density at radius 2 is 1.86 bits per heavy atom. The van der Waals surface area contributed by atoms with Crippen LogP contribution in [0.5, 0.6) is 0 Å². The SMILES string of the molecule is O=C(Nc1ccccc1)C1Nc2cc(F)ccc2S(=O)(=O)N1. The Bertz CT molecular complexity index is 824. The van der Waals surface area contributed by atoms with E-state index in [2.05, 4.69) is 15.4 Å². The van der Waals surface area contributed by atoms with E-state index in [0.717, 1.165) is 18.2 Å². The van der Waals surface area contributed by atoms with Crippen molar-refractivity contribution in [2.75, 3.05) is 10.6 Å². The van der Waals surface area contributed by atoms with E-state index in [0.29, 0.717) is 5.69 Å². The molecule has 0 aliphatic carbocycles. The van der Waals surface area contributed by atoms with E-state index in [4.69, 9.17) is 0 Å². The zero-order chi connectivity index (χ0) is 15.7. The average Bonchev–Trinajstić information content (AvgIpc) is 2.46. The second kappa shape index (κ2) is 5.39. The van der Waals surface area contributed by atoms with Gasteiger partial charge in [0.05, 0.1) is 5.69 Å². The maximum Gasteiger partial charge on any atom is 0.262 e. The number of anilines is 2. The summed E-state index contributed by atoms with van der Waals surface area (Å²) in [5.74, 6) is -1.18. The minimum Gasteiger partial charge on any atom is -0.360 e. The quantitative estimate of drug-likeness (QED) is 0.782. The van der Waals surface area contributed by atoms with Gasteiger partial charge in [-0.1, -0.05) is 18.2 Å². The number of nitrogens with one attached hydrogen (secondary N) is 3. The standard InChI is InChI=1S/C14H12FN3O3S/c15-9-6-7-12-11(8-9)17-13(18-22(12,20)21)14(19)16-10-4-2-1-3-5-10/h1-8,13,17-18H,(H,16,19). The summed E-state index contributed by atoms with van der Waals surface area (Å²) in [6.07, 6.45) is -1.22. The zero-order valence-electron chi connectivity index (χ0n) is 11.2. The smallest absolute Gasteiger partial charge is 0.262 e. The molecule has 1 aliphatic heterocycles. The number of rotatable bonds is 2. The summed E-state index contributed by atoms with van der Waals surface area (Å²) in [5, 5.41) is 5.24. The molecule has 3 rings (SSSR count). The lowest BCUT2D eigenvalue weighted by Crippen LogP contribution is -2.51. The van der Waals surface area contributed by atoms with Crippen LogP contribution in [0.2, 0.25) is 0 Å². The van der Waals surface area contributed by atoms with Gasteiger partial charge in [0.15, 0.2) is 6.17 Å². The monoisotopic (exact) mass is 321 g/mol. The number of carbonyl (C=O) groups excluding carboxylic acids is 1. The molecule has 2 aromatic carbocycles. The van der Waals surface area contributed by atoms with Crippen molar-refractivity contribution in [2.45, 2.75) is 11.1 Å². The molecule has 3 N–H and O–H groups in total. The average molecular weight is 321 g/mol. The van der Waals surface area contributed by atoms with Crippen LogP contribution < -0.4 is 15.4 Å². The Morgan fingerprint density at radius 3 is 2.59 bits per heavy atom. The fourth-order valence-electron chi connectivity index (χ4n) is 2.11. The highest BCUT2D eigenvalue weighted by Crippen LogP contribution is 2.26. The van der Waals surface area contributed by atoms with Crippen molar-refractivity contribution in [1.29, 1.82) is 0 Å². The molecule has 0 saturated heterocycles. The van der Waals surface area contributed by atoms with Crippen LogP contribution in [0.1, 0.15) is 0 Å². The minimum absolute atomic E-state index is 0.0481. The van der Waals surface area contributed by atoms with Crippen LogP contribution >= 0.6 is 0 Å². The van der Waals surface area contributed by atoms with Gasteiger partial charge in [0.2, 0.25) is 10.0 Å². The zero-order valence-corrected chi connectivity index (χ0v) is 12.0. The summed E-state index contributed by atoms with van der Waals surface area (Å²) in [4.78, 5) is 12.1. The number of amides is 1. The van der Waals surface area contributed by atoms with Gasteiger partial charge in [0.1, 0.15) is 10.7 Å². The Labute approximate surface area is 126 Å². The fourth-order valence-corrected chi connectivity index (χ4v) is 3.37. The largest absolute Gasteiger partial charge is 0.360 e. The van der Waals surface area contributed by atoms with Gasteiger partial charge in [-0.3, -0.25) is 4.79 Å². The Balaban J connectivity index is 1.87. The van der Waals surface area contributed by atoms with Crippen molar-refractivity contribution < 1.29 is 17.6 Å². The van der Waals surface area contributed by atoms with Crippen molar-refractivity contribution in [3.8, 4) is 0 Å². The van der Waals surface area contributed by atoms with Gasteiger partial charge in [-0.2, -0.15) is 4.72 Å². The third-order valence-corrected chi connectivity index (χ3v) is 4.59. The normalized spacial score (nSPS) is 18.9. The predicted octanol–water partition coefficient (Wildman–Crippen LogP) is 1.49. The molecule has 6 nitrogen and oxygen atoms in total. The van der Waals surface area contributed by atoms with Gasteiger partial charge < -0.3 is 10.6 Å². The summed E-state index contributed by atoms with van der Waals surface area (Å²) in [5.41, 5.74) is 0.575. The molecular weight excluding hydrogens is 309 g/mol. The number of para-hydroxylation sites is 1. The van der Waals surface area contributed by atoms with Crippen LogP contribution in [-0.2, 0) is 14.8 Å². The maximum absolute atomic E-state index is 13.3. The predicted molar refractivity (Wildman–Crippen MR) is 79.2 cm³/mol. The molecule has 2 aromatic rings. The number of halogens is 1. The van der Waals surface area contributed by atoms with Crippen LogP contribution in [0, 0.1) is 5.82 Å². The van der Waals surface area contributed by atoms with E-state index in [1.165, 1.54) is 0 Å². The second-order valence-corrected chi connectivity index (χ2v) is 6.38. The summed E-state index contributed by atoms with van der Waals surface area (Å²) in [6, 6.07) is 11.8. The third-order valence-electron chi connectivity index (χ3n) is 3.11. The number of benzene rings is 2. The van der Waals surface area contributed by atoms with Crippen LogP contribution in [0.15, 0.2) is 53.4 Å². The lowest BCUT2D eigenvalue weighted by atomic mass is 10.2. The van der Waals surface area contributed by atoms with Gasteiger partial charge in [-0.15, -0.1) is 0 Å². The number of hydrogen-bond donors (Lipinski definition) is 3. The first-order chi connectivity index (χ1) is 10.5. The fraction of sp³-hybridized carbons (Fsp3) is 0.0714. The van der Waals surface area contributed by atoms with E-state index in [1.807, 2.05) is 0 Å². The molecule has 0 spiro atoms. The molecule has 1 unspecified atom stereocenters. The molecule has 0 bridgehead atoms. The van der Waals surface area contributed by atoms with Crippen molar-refractivity contribution in [3.05, 3.63) is 54.3 Å². The molecule has 1 atom stereocenters. The van der Waals surface area contributed by atoms with Gasteiger partial charge in [0, 0.05) is 5.69 Å². The van der Waals surface area contributed by atoms with Crippen molar-refractivity contribution in [3.63, 3.8) is 0 Å². The first-order valence-electron chi connectivity index (χ1n) is 6.40. The minimum atomic E-state index is -3.89. The second-order valence-electron chi connectivity index (χ2n) is 4.69. The van der Waals surface area contributed by atoms with Crippen LogP contribution in [0.3, 0.4) is 0 Å². The molecule has 8 heteroatoms. The van der Waals surface area contributed by atoms with Crippen LogP contribution in [0.25, 0.3) is 0 Å². The van der Waals surface area contributed by atoms with Gasteiger partial charge >= 0.3 is 0 Å². The van der Waals surface area contributed by atoms with Crippen molar-refractivity contribution in [2.24, 2.45) is 0 Å². The summed E-state index contributed by atoms with van der Waals surface area (Å²) < 4.78 is 39.7. The molecule has 0 fully saturated rings. The summed E-state index contributed by atoms with van der Waals surface area (Å²) in [6.45, 7) is 0. The van der Waals surface area contributed by atoms with E-state index in [9.17, 15) is 17.6 Å². The molecular formula is C14H12FN3O3S. The molecule has 0 radical (unpaired) electrons. The molecule has 1 heterocycles. The van der Waals surface area contributed by atoms with Crippen molar-refractivity contribution in [1.82, 2.24) is 4.72 Å². The van der Waals surface area contributed by atoms with E-state index >= 15 is 0 Å². The molecule has 0 saturated carbocycles. The molecule has 1 amide bonds. The third kappa shape index (κ3) is 2.78. The summed E-state index contributed by atoms with van der Waals surface area (Å²) >= 11 is 0. The molecule has 0 aromatic heterocycles. The number of sulfonamides is 1. The maximum atomic E-state index is 13.3. The van der Waals surface area contributed by atoms with Gasteiger partial charge in [-0.25, -0.2) is 12.8 Å². The highest BCUT2D eigenvalue weighted by Gasteiger charge is 2.33. The first-order valence-corrected chi connectivity index (χ1v) is 7.88. The molecule has 1 aliphatic rings. The highest BCUT2D eigenvalue weighted by molar-refractivity contribution is 7.89. The lowest BCUT2D eigenvalue weighted by molar-refractivity contribution is -0.117. The van der Waals surface area contributed by atoms with Gasteiger partial charge in [0.25, 0.3) is 5.91 Å². The Hall–Kier alpha value is -2.45. The number of carbonyl (C=O) groups is 1. The lowest BCUT2D eigenvalue weighted by Gasteiger charge is -2.27. The van der Waals surface area contributed by atoms with Crippen molar-refractivity contribution >= 4 is 27.3 Å². The summed E-state index contributed by atoms with van der Waals surface area (Å²) in [7, 11) is -3.89. The van der Waals surface area contributed by atoms with Crippen LogP contribution in [0.4, 0.5) is 15.8 Å². The first kappa shape index (κ1) is 14.5. The molecule has 114 valence electrons. The van der Waals surface area contributed by atoms with E-state index in [1.54, 1.807) is 30.3 Å². The Kier molecular flexibility index (Phi) is 3.55. The number of hydrogen-bond acceptors (Lipinski definition) is 4. The Morgan fingerprint density at radius 1 is 1.14 bits per heavy atom. The van der Waals surface area contributed by atoms with E-state index < -0.39 is 27.9 Å². The highest BCUT2D eigenvalue weighted by atomic mass is 32.2. The van der Waals surface area contributed by atoms with Gasteiger partial charge in [-0.05, 0) is 30.3 Å². The van der Waals surface area contributed by atoms with E-state index in [-0.39, 0.29) is 10.6 Å². The topological polar surface area (TPSA) is 87.3 Å².